The average Bonchev–Trinajstić information content (AvgIpc) is 2.62. The van der Waals surface area contributed by atoms with Gasteiger partial charge in [-0.1, -0.05) is 0 Å². The number of nitrogens with two attached hydrogens (primary N) is 1. The molecule has 19 heavy (non-hydrogen) atoms. The summed E-state index contributed by atoms with van der Waals surface area (Å²) in [5.74, 6) is -0.171. The second kappa shape index (κ2) is 5.61. The zero-order valence-electron chi connectivity index (χ0n) is 12.7. The van der Waals surface area contributed by atoms with Crippen molar-refractivity contribution in [1.29, 1.82) is 0 Å². The largest absolute Gasteiger partial charge is 0.395 e. The topological polar surface area (TPSA) is 76.2 Å². The molecule has 6 heteroatoms. The number of carbonyl (C=O) groups is 1. The molecular weight excluding hydrogens is 242 g/mol. The van der Waals surface area contributed by atoms with Crippen molar-refractivity contribution in [3.63, 3.8) is 0 Å². The summed E-state index contributed by atoms with van der Waals surface area (Å²) in [6, 6.07) is 0. The van der Waals surface area contributed by atoms with E-state index in [1.807, 2.05) is 27.9 Å². The number of hydrogen-bond donors (Lipinski definition) is 2. The number of rotatable bonds is 5. The number of carbonyl (C=O) groups excluding carboxylic acids is 1. The minimum atomic E-state index is -0.171. The van der Waals surface area contributed by atoms with Gasteiger partial charge in [0, 0.05) is 18.6 Å². The molecule has 0 saturated heterocycles. The maximum atomic E-state index is 12.3. The molecule has 0 bridgehead atoms. The van der Waals surface area contributed by atoms with E-state index in [9.17, 15) is 4.79 Å². The van der Waals surface area contributed by atoms with Crippen LogP contribution >= 0.6 is 0 Å². The Morgan fingerprint density at radius 2 is 2.05 bits per heavy atom. The molecule has 1 aromatic heterocycles. The van der Waals surface area contributed by atoms with Gasteiger partial charge in [-0.15, -0.1) is 0 Å². The number of likely N-dealkylation sites (N-methyl/N-ethyl adjacent to an activating group) is 1. The number of anilines is 1. The number of nitrogens with one attached hydrogen (secondary N) is 1. The molecule has 0 saturated carbocycles. The average molecular weight is 267 g/mol. The predicted molar refractivity (Wildman–Crippen MR) is 77.1 cm³/mol. The Balaban J connectivity index is 2.85. The Kier molecular flexibility index (Phi) is 4.57. The predicted octanol–water partition coefficient (Wildman–Crippen LogP) is 0.864. The third-order valence-electron chi connectivity index (χ3n) is 3.58. The molecule has 0 aliphatic carbocycles. The molecule has 0 radical (unpaired) electrons. The Morgan fingerprint density at radius 3 is 2.53 bits per heavy atom. The summed E-state index contributed by atoms with van der Waals surface area (Å²) in [7, 11) is 3.97. The van der Waals surface area contributed by atoms with Crippen molar-refractivity contribution in [1.82, 2.24) is 20.0 Å². The van der Waals surface area contributed by atoms with Crippen molar-refractivity contribution in [3.05, 3.63) is 11.4 Å². The van der Waals surface area contributed by atoms with Gasteiger partial charge in [0.15, 0.2) is 0 Å². The number of nitrogens with zero attached hydrogens (tertiary/aromatic N) is 3. The molecule has 0 unspecified atom stereocenters. The van der Waals surface area contributed by atoms with Gasteiger partial charge >= 0.3 is 0 Å². The maximum absolute atomic E-state index is 12.3. The lowest BCUT2D eigenvalue weighted by molar-refractivity contribution is 0.0910. The molecule has 1 amide bonds. The summed E-state index contributed by atoms with van der Waals surface area (Å²) in [4.78, 5) is 14.3. The molecule has 6 nitrogen and oxygen atoms in total. The number of nitrogen functional groups attached to an aromatic ring is 1. The monoisotopic (exact) mass is 267 g/mol. The zero-order valence-corrected chi connectivity index (χ0v) is 12.7. The van der Waals surface area contributed by atoms with Gasteiger partial charge in [-0.3, -0.25) is 9.48 Å². The molecule has 0 aliphatic rings. The van der Waals surface area contributed by atoms with Crippen molar-refractivity contribution >= 4 is 11.6 Å². The van der Waals surface area contributed by atoms with Crippen molar-refractivity contribution in [2.45, 2.75) is 39.8 Å². The van der Waals surface area contributed by atoms with E-state index in [2.05, 4.69) is 29.2 Å². The summed E-state index contributed by atoms with van der Waals surface area (Å²) in [6.07, 6.45) is 0. The summed E-state index contributed by atoms with van der Waals surface area (Å²) < 4.78 is 1.64. The fourth-order valence-electron chi connectivity index (χ4n) is 1.60. The van der Waals surface area contributed by atoms with Gasteiger partial charge < -0.3 is 16.0 Å². The second-order valence-electron chi connectivity index (χ2n) is 5.55. The van der Waals surface area contributed by atoms with E-state index in [0.717, 1.165) is 0 Å². The van der Waals surface area contributed by atoms with Crippen LogP contribution in [0.25, 0.3) is 0 Å². The molecule has 108 valence electrons. The highest BCUT2D eigenvalue weighted by molar-refractivity contribution is 5.98. The molecule has 1 heterocycles. The molecule has 0 aromatic carbocycles. The molecular formula is C13H25N5O. The molecule has 1 rings (SSSR count). The van der Waals surface area contributed by atoms with Crippen LogP contribution in [0.4, 0.5) is 5.69 Å². The highest BCUT2D eigenvalue weighted by Crippen LogP contribution is 2.16. The van der Waals surface area contributed by atoms with Crippen LogP contribution in [-0.2, 0) is 6.54 Å². The molecule has 0 atom stereocenters. The van der Waals surface area contributed by atoms with Crippen LogP contribution in [0, 0.1) is 6.92 Å². The fourth-order valence-corrected chi connectivity index (χ4v) is 1.60. The molecule has 0 aliphatic heterocycles. The maximum Gasteiger partial charge on any atom is 0.271 e. The van der Waals surface area contributed by atoms with Crippen molar-refractivity contribution in [2.24, 2.45) is 0 Å². The SMILES string of the molecule is CCn1nc(C)c(N)c1C(=O)NCC(C)(C)N(C)C. The van der Waals surface area contributed by atoms with Crippen LogP contribution in [0.2, 0.25) is 0 Å². The minimum Gasteiger partial charge on any atom is -0.395 e. The second-order valence-corrected chi connectivity index (χ2v) is 5.55. The summed E-state index contributed by atoms with van der Waals surface area (Å²) in [5, 5.41) is 7.18. The van der Waals surface area contributed by atoms with E-state index in [1.54, 1.807) is 4.68 Å². The Bertz CT molecular complexity index is 462. The number of hydrogen-bond acceptors (Lipinski definition) is 4. The number of aryl methyl sites for hydroxylation is 2. The normalized spacial score (nSPS) is 11.9. The minimum absolute atomic E-state index is 0.115. The standard InChI is InChI=1S/C13H25N5O/c1-7-18-11(10(14)9(2)16-18)12(19)15-8-13(3,4)17(5)6/h7-8,14H2,1-6H3,(H,15,19). The first-order chi connectivity index (χ1) is 8.70. The number of aromatic nitrogens is 2. The third kappa shape index (κ3) is 3.26. The Hall–Kier alpha value is -1.56. The van der Waals surface area contributed by atoms with Gasteiger partial charge in [-0.2, -0.15) is 5.10 Å². The zero-order chi connectivity index (χ0) is 14.8. The first-order valence-corrected chi connectivity index (χ1v) is 6.49. The Morgan fingerprint density at radius 1 is 1.47 bits per heavy atom. The van der Waals surface area contributed by atoms with Crippen LogP contribution in [0.1, 0.15) is 37.0 Å². The third-order valence-corrected chi connectivity index (χ3v) is 3.58. The lowest BCUT2D eigenvalue weighted by atomic mass is 10.0. The van der Waals surface area contributed by atoms with Crippen LogP contribution in [0.15, 0.2) is 0 Å². The quantitative estimate of drug-likeness (QED) is 0.830. The van der Waals surface area contributed by atoms with E-state index in [-0.39, 0.29) is 11.4 Å². The van der Waals surface area contributed by atoms with Gasteiger partial charge in [0.2, 0.25) is 0 Å². The number of amides is 1. The van der Waals surface area contributed by atoms with Crippen molar-refractivity contribution in [2.75, 3.05) is 26.4 Å². The van der Waals surface area contributed by atoms with Crippen LogP contribution in [0.3, 0.4) is 0 Å². The van der Waals surface area contributed by atoms with Gasteiger partial charge in [-0.05, 0) is 41.8 Å². The lowest BCUT2D eigenvalue weighted by Gasteiger charge is -2.32. The van der Waals surface area contributed by atoms with Gasteiger partial charge in [0.25, 0.3) is 5.91 Å². The van der Waals surface area contributed by atoms with Gasteiger partial charge in [0.1, 0.15) is 5.69 Å². The van der Waals surface area contributed by atoms with E-state index < -0.39 is 0 Å². The van der Waals surface area contributed by atoms with Crippen LogP contribution in [0.5, 0.6) is 0 Å². The van der Waals surface area contributed by atoms with Crippen molar-refractivity contribution < 1.29 is 4.79 Å². The first-order valence-electron chi connectivity index (χ1n) is 6.49. The summed E-state index contributed by atoms with van der Waals surface area (Å²) in [5.41, 5.74) is 7.42. The smallest absolute Gasteiger partial charge is 0.271 e. The van der Waals surface area contributed by atoms with Crippen LogP contribution < -0.4 is 11.1 Å². The van der Waals surface area contributed by atoms with Gasteiger partial charge in [-0.25, -0.2) is 0 Å². The molecule has 0 spiro atoms. The molecule has 3 N–H and O–H groups in total. The Labute approximate surface area is 114 Å². The van der Waals surface area contributed by atoms with E-state index >= 15 is 0 Å². The van der Waals surface area contributed by atoms with E-state index in [0.29, 0.717) is 30.2 Å². The van der Waals surface area contributed by atoms with Crippen molar-refractivity contribution in [3.8, 4) is 0 Å². The summed E-state index contributed by atoms with van der Waals surface area (Å²) >= 11 is 0. The highest BCUT2D eigenvalue weighted by atomic mass is 16.2. The van der Waals surface area contributed by atoms with E-state index in [4.69, 9.17) is 5.73 Å². The van der Waals surface area contributed by atoms with Crippen LogP contribution in [-0.4, -0.2) is 46.8 Å². The highest BCUT2D eigenvalue weighted by Gasteiger charge is 2.24. The van der Waals surface area contributed by atoms with Gasteiger partial charge in [0.05, 0.1) is 11.4 Å². The molecule has 0 fully saturated rings. The summed E-state index contributed by atoms with van der Waals surface area (Å²) in [6.45, 7) is 9.05. The molecule has 1 aromatic rings. The lowest BCUT2D eigenvalue weighted by Crippen LogP contribution is -2.48. The fraction of sp³-hybridized carbons (Fsp3) is 0.692. The first kappa shape index (κ1) is 15.5. The van der Waals surface area contributed by atoms with E-state index in [1.165, 1.54) is 0 Å².